The fourth-order valence-electron chi connectivity index (χ4n) is 3.49. The quantitative estimate of drug-likeness (QED) is 0.564. The summed E-state index contributed by atoms with van der Waals surface area (Å²) in [6, 6.07) is 6.46. The van der Waals surface area contributed by atoms with E-state index in [0.29, 0.717) is 18.9 Å². The standard InChI is InChI=1S/C22H28FN3/c1-6-18-17(8-9-19(24-18)14(2)3)21-15(4)12-20-22(25-21)16(5)13-26(20)11-7-10-23/h8-9,12-14H,6-7,10-11H2,1-5H3. The molecule has 0 aliphatic carbocycles. The van der Waals surface area contributed by atoms with Crippen LogP contribution in [0.4, 0.5) is 4.39 Å². The molecule has 0 amide bonds. The monoisotopic (exact) mass is 353 g/mol. The average Bonchev–Trinajstić information content (AvgIpc) is 2.93. The molecule has 0 saturated carbocycles. The van der Waals surface area contributed by atoms with Gasteiger partial charge in [-0.05, 0) is 61.9 Å². The van der Waals surface area contributed by atoms with Crippen molar-refractivity contribution < 1.29 is 4.39 Å². The molecule has 26 heavy (non-hydrogen) atoms. The Morgan fingerprint density at radius 2 is 1.88 bits per heavy atom. The first-order valence-electron chi connectivity index (χ1n) is 9.49. The molecule has 3 rings (SSSR count). The zero-order valence-electron chi connectivity index (χ0n) is 16.4. The molecule has 0 atom stereocenters. The largest absolute Gasteiger partial charge is 0.346 e. The third-order valence-electron chi connectivity index (χ3n) is 4.94. The third-order valence-corrected chi connectivity index (χ3v) is 4.94. The van der Waals surface area contributed by atoms with Crippen LogP contribution in [-0.2, 0) is 13.0 Å². The zero-order valence-corrected chi connectivity index (χ0v) is 16.4. The normalized spacial score (nSPS) is 11.7. The van der Waals surface area contributed by atoms with Crippen molar-refractivity contribution in [2.24, 2.45) is 0 Å². The summed E-state index contributed by atoms with van der Waals surface area (Å²) in [6.07, 6.45) is 3.49. The van der Waals surface area contributed by atoms with E-state index in [4.69, 9.17) is 9.97 Å². The van der Waals surface area contributed by atoms with Crippen LogP contribution in [0.3, 0.4) is 0 Å². The highest BCUT2D eigenvalue weighted by atomic mass is 19.1. The maximum Gasteiger partial charge on any atom is 0.0917 e. The van der Waals surface area contributed by atoms with E-state index in [0.717, 1.165) is 51.2 Å². The summed E-state index contributed by atoms with van der Waals surface area (Å²) in [4.78, 5) is 9.87. The van der Waals surface area contributed by atoms with Gasteiger partial charge in [-0.15, -0.1) is 0 Å². The number of fused-ring (bicyclic) bond motifs is 1. The highest BCUT2D eigenvalue weighted by Crippen LogP contribution is 2.30. The van der Waals surface area contributed by atoms with Gasteiger partial charge in [-0.1, -0.05) is 20.8 Å². The van der Waals surface area contributed by atoms with E-state index in [2.05, 4.69) is 63.6 Å². The molecule has 0 N–H and O–H groups in total. The van der Waals surface area contributed by atoms with E-state index in [1.807, 2.05) is 0 Å². The first-order chi connectivity index (χ1) is 12.5. The number of aromatic nitrogens is 3. The molecule has 0 aliphatic rings. The number of nitrogens with zero attached hydrogens (tertiary/aromatic N) is 3. The minimum atomic E-state index is -0.295. The van der Waals surface area contributed by atoms with E-state index < -0.39 is 0 Å². The SMILES string of the molecule is CCc1nc(C(C)C)ccc1-c1nc2c(C)cn(CCCF)c2cc1C. The Balaban J connectivity index is 2.14. The van der Waals surface area contributed by atoms with Gasteiger partial charge in [0.05, 0.1) is 23.4 Å². The number of hydrogen-bond donors (Lipinski definition) is 0. The van der Waals surface area contributed by atoms with Gasteiger partial charge >= 0.3 is 0 Å². The topological polar surface area (TPSA) is 30.7 Å². The molecule has 0 spiro atoms. The number of rotatable bonds is 6. The molecule has 3 heterocycles. The molecule has 0 aromatic carbocycles. The van der Waals surface area contributed by atoms with Crippen molar-refractivity contribution in [1.82, 2.24) is 14.5 Å². The van der Waals surface area contributed by atoms with Gasteiger partial charge in [0.15, 0.2) is 0 Å². The highest BCUT2D eigenvalue weighted by molar-refractivity contribution is 5.84. The molecule has 0 bridgehead atoms. The molecule has 4 heteroatoms. The van der Waals surface area contributed by atoms with E-state index in [-0.39, 0.29) is 6.67 Å². The Morgan fingerprint density at radius 1 is 1.12 bits per heavy atom. The Labute approximate surface area is 155 Å². The Hall–Kier alpha value is -2.23. The van der Waals surface area contributed by atoms with Crippen LogP contribution in [0.25, 0.3) is 22.3 Å². The van der Waals surface area contributed by atoms with E-state index in [1.165, 1.54) is 0 Å². The highest BCUT2D eigenvalue weighted by Gasteiger charge is 2.15. The molecule has 3 nitrogen and oxygen atoms in total. The minimum absolute atomic E-state index is 0.295. The van der Waals surface area contributed by atoms with Crippen molar-refractivity contribution in [3.8, 4) is 11.3 Å². The van der Waals surface area contributed by atoms with Gasteiger partial charge in [0.1, 0.15) is 0 Å². The lowest BCUT2D eigenvalue weighted by molar-refractivity contribution is 0.450. The Kier molecular flexibility index (Phi) is 5.40. The third kappa shape index (κ3) is 3.37. The number of pyridine rings is 2. The summed E-state index contributed by atoms with van der Waals surface area (Å²) in [6.45, 7) is 11.0. The average molecular weight is 353 g/mol. The van der Waals surface area contributed by atoms with E-state index >= 15 is 0 Å². The summed E-state index contributed by atoms with van der Waals surface area (Å²) < 4.78 is 14.7. The molecule has 3 aromatic rings. The predicted molar refractivity (Wildman–Crippen MR) is 106 cm³/mol. The van der Waals surface area contributed by atoms with Crippen LogP contribution in [0.2, 0.25) is 0 Å². The van der Waals surface area contributed by atoms with Gasteiger partial charge in [-0.2, -0.15) is 0 Å². The molecule has 0 saturated heterocycles. The fraction of sp³-hybridized carbons (Fsp3) is 0.455. The van der Waals surface area contributed by atoms with Crippen molar-refractivity contribution in [2.45, 2.75) is 59.9 Å². The first-order valence-corrected chi connectivity index (χ1v) is 9.49. The summed E-state index contributed by atoms with van der Waals surface area (Å²) in [5.41, 5.74) is 8.69. The maximum atomic E-state index is 12.6. The second kappa shape index (κ2) is 7.56. The van der Waals surface area contributed by atoms with Crippen molar-refractivity contribution in [3.05, 3.63) is 46.9 Å². The molecule has 3 aromatic heterocycles. The van der Waals surface area contributed by atoms with Crippen LogP contribution < -0.4 is 0 Å². The molecular weight excluding hydrogens is 325 g/mol. The van der Waals surface area contributed by atoms with Crippen LogP contribution in [0, 0.1) is 13.8 Å². The van der Waals surface area contributed by atoms with Crippen LogP contribution in [-0.4, -0.2) is 21.2 Å². The predicted octanol–water partition coefficient (Wildman–Crippen LogP) is 5.76. The summed E-state index contributed by atoms with van der Waals surface area (Å²) in [5, 5.41) is 0. The van der Waals surface area contributed by atoms with Gasteiger partial charge in [0, 0.05) is 29.7 Å². The number of aryl methyl sites for hydroxylation is 4. The summed E-state index contributed by atoms with van der Waals surface area (Å²) >= 11 is 0. The van der Waals surface area contributed by atoms with E-state index in [1.54, 1.807) is 0 Å². The van der Waals surface area contributed by atoms with Crippen LogP contribution in [0.15, 0.2) is 24.4 Å². The van der Waals surface area contributed by atoms with E-state index in [9.17, 15) is 4.39 Å². The van der Waals surface area contributed by atoms with Crippen LogP contribution >= 0.6 is 0 Å². The second-order valence-corrected chi connectivity index (χ2v) is 7.31. The van der Waals surface area contributed by atoms with Crippen molar-refractivity contribution in [2.75, 3.05) is 6.67 Å². The van der Waals surface area contributed by atoms with Gasteiger partial charge in [-0.3, -0.25) is 9.37 Å². The molecule has 0 aliphatic heterocycles. The molecule has 0 fully saturated rings. The lowest BCUT2D eigenvalue weighted by atomic mass is 10.0. The molecule has 0 unspecified atom stereocenters. The minimum Gasteiger partial charge on any atom is -0.346 e. The van der Waals surface area contributed by atoms with Crippen molar-refractivity contribution in [1.29, 1.82) is 0 Å². The van der Waals surface area contributed by atoms with Crippen LogP contribution in [0.1, 0.15) is 55.6 Å². The Bertz CT molecular complexity index is 925. The molecule has 0 radical (unpaired) electrons. The molecule has 138 valence electrons. The Morgan fingerprint density at radius 3 is 2.54 bits per heavy atom. The van der Waals surface area contributed by atoms with Gasteiger partial charge in [0.2, 0.25) is 0 Å². The zero-order chi connectivity index (χ0) is 18.8. The second-order valence-electron chi connectivity index (χ2n) is 7.31. The van der Waals surface area contributed by atoms with Gasteiger partial charge in [-0.25, -0.2) is 4.98 Å². The fourth-order valence-corrected chi connectivity index (χ4v) is 3.49. The first kappa shape index (κ1) is 18.6. The van der Waals surface area contributed by atoms with Crippen LogP contribution in [0.5, 0.6) is 0 Å². The maximum absolute atomic E-state index is 12.6. The number of hydrogen-bond acceptors (Lipinski definition) is 2. The van der Waals surface area contributed by atoms with Crippen molar-refractivity contribution in [3.63, 3.8) is 0 Å². The van der Waals surface area contributed by atoms with Gasteiger partial charge in [0.25, 0.3) is 0 Å². The lowest BCUT2D eigenvalue weighted by Crippen LogP contribution is -2.02. The summed E-state index contributed by atoms with van der Waals surface area (Å²) in [5.74, 6) is 0.415. The number of alkyl halides is 1. The molecular formula is C22H28FN3. The smallest absolute Gasteiger partial charge is 0.0917 e. The lowest BCUT2D eigenvalue weighted by Gasteiger charge is -2.14. The van der Waals surface area contributed by atoms with Crippen molar-refractivity contribution >= 4 is 11.0 Å². The summed E-state index contributed by atoms with van der Waals surface area (Å²) in [7, 11) is 0. The van der Waals surface area contributed by atoms with Gasteiger partial charge < -0.3 is 4.57 Å². The number of halogens is 1.